The van der Waals surface area contributed by atoms with Crippen LogP contribution in [0.3, 0.4) is 0 Å². The number of carbonyl (C=O) groups excluding carboxylic acids is 2. The Balaban J connectivity index is 1.64. The SMILES string of the molecule is CC[C@@H](C)N(C(=O)COC(=O)c1ccc2c(c1)OCCO2)[C@H]1CCS(=O)(=O)C1. The Bertz CT molecular complexity index is 852. The van der Waals surface area contributed by atoms with Gasteiger partial charge in [-0.05, 0) is 38.0 Å². The summed E-state index contributed by atoms with van der Waals surface area (Å²) in [6, 6.07) is 4.19. The number of nitrogens with zero attached hydrogens (tertiary/aromatic N) is 1. The molecule has 0 aliphatic carbocycles. The third-order valence-corrected chi connectivity index (χ3v) is 6.81. The summed E-state index contributed by atoms with van der Waals surface area (Å²) in [6.07, 6.45) is 1.09. The van der Waals surface area contributed by atoms with Gasteiger partial charge in [-0.25, -0.2) is 13.2 Å². The third kappa shape index (κ3) is 4.57. The molecular weight excluding hydrogens is 386 g/mol. The predicted molar refractivity (Wildman–Crippen MR) is 101 cm³/mol. The number of fused-ring (bicyclic) bond motifs is 1. The fourth-order valence-corrected chi connectivity index (χ4v) is 5.17. The van der Waals surface area contributed by atoms with Crippen LogP contribution < -0.4 is 9.47 Å². The van der Waals surface area contributed by atoms with Crippen molar-refractivity contribution >= 4 is 21.7 Å². The van der Waals surface area contributed by atoms with E-state index in [0.717, 1.165) is 0 Å². The molecule has 0 N–H and O–H groups in total. The summed E-state index contributed by atoms with van der Waals surface area (Å²) in [5, 5.41) is 0. The number of ether oxygens (including phenoxy) is 3. The number of benzene rings is 1. The highest BCUT2D eigenvalue weighted by molar-refractivity contribution is 7.91. The van der Waals surface area contributed by atoms with Gasteiger partial charge in [-0.3, -0.25) is 4.79 Å². The molecule has 0 unspecified atom stereocenters. The van der Waals surface area contributed by atoms with Gasteiger partial charge in [-0.2, -0.15) is 0 Å². The van der Waals surface area contributed by atoms with Crippen molar-refractivity contribution in [1.29, 1.82) is 0 Å². The zero-order valence-corrected chi connectivity index (χ0v) is 16.9. The van der Waals surface area contributed by atoms with E-state index in [1.165, 1.54) is 6.07 Å². The lowest BCUT2D eigenvalue weighted by Crippen LogP contribution is -2.48. The first-order valence-electron chi connectivity index (χ1n) is 9.39. The van der Waals surface area contributed by atoms with Crippen LogP contribution in [0.25, 0.3) is 0 Å². The first kappa shape index (κ1) is 20.4. The topological polar surface area (TPSA) is 99.2 Å². The van der Waals surface area contributed by atoms with Crippen LogP contribution in [-0.2, 0) is 19.4 Å². The minimum Gasteiger partial charge on any atom is -0.486 e. The molecule has 1 amide bonds. The molecule has 2 atom stereocenters. The Morgan fingerprint density at radius 3 is 2.61 bits per heavy atom. The van der Waals surface area contributed by atoms with Crippen LogP contribution in [0.15, 0.2) is 18.2 Å². The maximum Gasteiger partial charge on any atom is 0.338 e. The molecule has 0 radical (unpaired) electrons. The molecule has 28 heavy (non-hydrogen) atoms. The predicted octanol–water partition coefficient (Wildman–Crippen LogP) is 1.43. The Labute approximate surface area is 164 Å². The summed E-state index contributed by atoms with van der Waals surface area (Å²) in [7, 11) is -3.13. The monoisotopic (exact) mass is 411 g/mol. The molecule has 3 rings (SSSR count). The number of hydrogen-bond acceptors (Lipinski definition) is 7. The van der Waals surface area contributed by atoms with Crippen molar-refractivity contribution in [2.75, 3.05) is 31.3 Å². The number of sulfone groups is 1. The van der Waals surface area contributed by atoms with Gasteiger partial charge in [0.25, 0.3) is 5.91 Å². The van der Waals surface area contributed by atoms with Crippen molar-refractivity contribution in [3.8, 4) is 11.5 Å². The Kier molecular flexibility index (Phi) is 6.12. The summed E-state index contributed by atoms with van der Waals surface area (Å²) in [5.41, 5.74) is 0.260. The fraction of sp³-hybridized carbons (Fsp3) is 0.579. The molecule has 0 aromatic heterocycles. The summed E-state index contributed by atoms with van der Waals surface area (Å²) in [4.78, 5) is 26.6. The highest BCUT2D eigenvalue weighted by Gasteiger charge is 2.36. The molecule has 1 aromatic rings. The molecule has 9 heteroatoms. The molecule has 0 bridgehead atoms. The second-order valence-corrected chi connectivity index (χ2v) is 9.28. The van der Waals surface area contributed by atoms with E-state index in [1.54, 1.807) is 17.0 Å². The van der Waals surface area contributed by atoms with Gasteiger partial charge in [0.05, 0.1) is 17.1 Å². The first-order valence-corrected chi connectivity index (χ1v) is 11.2. The average molecular weight is 411 g/mol. The molecule has 0 spiro atoms. The van der Waals surface area contributed by atoms with Gasteiger partial charge in [0.1, 0.15) is 13.2 Å². The second-order valence-electron chi connectivity index (χ2n) is 7.05. The van der Waals surface area contributed by atoms with E-state index in [-0.39, 0.29) is 35.1 Å². The van der Waals surface area contributed by atoms with Crippen molar-refractivity contribution < 1.29 is 32.2 Å². The van der Waals surface area contributed by atoms with Crippen LogP contribution in [0, 0.1) is 0 Å². The van der Waals surface area contributed by atoms with E-state index < -0.39 is 22.4 Å². The average Bonchev–Trinajstić information content (AvgIpc) is 3.04. The number of amides is 1. The lowest BCUT2D eigenvalue weighted by Gasteiger charge is -2.33. The van der Waals surface area contributed by atoms with Gasteiger partial charge in [0.2, 0.25) is 0 Å². The van der Waals surface area contributed by atoms with Crippen LogP contribution in [0.5, 0.6) is 11.5 Å². The van der Waals surface area contributed by atoms with Crippen molar-refractivity contribution in [2.45, 2.75) is 38.8 Å². The molecule has 0 saturated carbocycles. The third-order valence-electron chi connectivity index (χ3n) is 5.06. The maximum atomic E-state index is 12.7. The van der Waals surface area contributed by atoms with Crippen LogP contribution in [0.4, 0.5) is 0 Å². The van der Waals surface area contributed by atoms with Gasteiger partial charge in [0.15, 0.2) is 27.9 Å². The highest BCUT2D eigenvalue weighted by atomic mass is 32.2. The molecule has 8 nitrogen and oxygen atoms in total. The minimum atomic E-state index is -3.13. The van der Waals surface area contributed by atoms with E-state index in [0.29, 0.717) is 37.6 Å². The lowest BCUT2D eigenvalue weighted by atomic mass is 10.1. The fourth-order valence-electron chi connectivity index (χ4n) is 3.46. The smallest absolute Gasteiger partial charge is 0.338 e. The molecule has 2 aliphatic heterocycles. The Hall–Kier alpha value is -2.29. The van der Waals surface area contributed by atoms with Gasteiger partial charge in [0, 0.05) is 12.1 Å². The number of carbonyl (C=O) groups is 2. The van der Waals surface area contributed by atoms with E-state index in [1.807, 2.05) is 13.8 Å². The molecule has 154 valence electrons. The summed E-state index contributed by atoms with van der Waals surface area (Å²) in [6.45, 7) is 4.21. The number of rotatable bonds is 6. The van der Waals surface area contributed by atoms with Crippen molar-refractivity contribution in [3.63, 3.8) is 0 Å². The summed E-state index contributed by atoms with van der Waals surface area (Å²) < 4.78 is 39.7. The minimum absolute atomic E-state index is 0.0425. The van der Waals surface area contributed by atoms with E-state index in [2.05, 4.69) is 0 Å². The van der Waals surface area contributed by atoms with Gasteiger partial charge in [-0.1, -0.05) is 6.92 Å². The van der Waals surface area contributed by atoms with Gasteiger partial charge < -0.3 is 19.1 Å². The van der Waals surface area contributed by atoms with Crippen LogP contribution >= 0.6 is 0 Å². The Morgan fingerprint density at radius 2 is 1.96 bits per heavy atom. The van der Waals surface area contributed by atoms with Crippen molar-refractivity contribution in [3.05, 3.63) is 23.8 Å². The van der Waals surface area contributed by atoms with Crippen LogP contribution in [0.2, 0.25) is 0 Å². The van der Waals surface area contributed by atoms with Crippen molar-refractivity contribution in [1.82, 2.24) is 4.90 Å². The zero-order chi connectivity index (χ0) is 20.3. The number of hydrogen-bond donors (Lipinski definition) is 0. The molecule has 1 fully saturated rings. The zero-order valence-electron chi connectivity index (χ0n) is 16.0. The highest BCUT2D eigenvalue weighted by Crippen LogP contribution is 2.31. The second kappa shape index (κ2) is 8.38. The molecule has 2 aliphatic rings. The normalized spacial score (nSPS) is 21.0. The maximum absolute atomic E-state index is 12.7. The van der Waals surface area contributed by atoms with E-state index >= 15 is 0 Å². The van der Waals surface area contributed by atoms with E-state index in [4.69, 9.17) is 14.2 Å². The molecular formula is C19H25NO7S. The molecule has 1 saturated heterocycles. The Morgan fingerprint density at radius 1 is 1.25 bits per heavy atom. The standard InChI is InChI=1S/C19H25NO7S/c1-3-13(2)20(15-6-9-28(23,24)12-15)18(21)11-27-19(22)14-4-5-16-17(10-14)26-8-7-25-16/h4-5,10,13,15H,3,6-9,11-12H2,1-2H3/t13-,15+/m1/s1. The molecule has 1 aromatic carbocycles. The van der Waals surface area contributed by atoms with Crippen LogP contribution in [-0.4, -0.2) is 68.6 Å². The first-order chi connectivity index (χ1) is 13.3. The van der Waals surface area contributed by atoms with Crippen molar-refractivity contribution in [2.24, 2.45) is 0 Å². The number of esters is 1. The summed E-state index contributed by atoms with van der Waals surface area (Å²) in [5.74, 6) is 0.0260. The quantitative estimate of drug-likeness (QED) is 0.653. The molecule has 2 heterocycles. The lowest BCUT2D eigenvalue weighted by molar-refractivity contribution is -0.138. The van der Waals surface area contributed by atoms with Gasteiger partial charge >= 0.3 is 5.97 Å². The van der Waals surface area contributed by atoms with Gasteiger partial charge in [-0.15, -0.1) is 0 Å². The largest absolute Gasteiger partial charge is 0.486 e. The summed E-state index contributed by atoms with van der Waals surface area (Å²) >= 11 is 0. The van der Waals surface area contributed by atoms with E-state index in [9.17, 15) is 18.0 Å². The van der Waals surface area contributed by atoms with Crippen LogP contribution in [0.1, 0.15) is 37.0 Å².